The molecule has 1 aliphatic heterocycles. The fourth-order valence-corrected chi connectivity index (χ4v) is 3.47. The maximum atomic E-state index is 12.1. The van der Waals surface area contributed by atoms with Gasteiger partial charge >= 0.3 is 5.97 Å². The molecule has 2 N–H and O–H groups in total. The number of carboxylic acids is 1. The number of aromatic nitrogens is 1. The van der Waals surface area contributed by atoms with Crippen LogP contribution in [0.2, 0.25) is 0 Å². The molecule has 2 aromatic rings. The van der Waals surface area contributed by atoms with E-state index in [1.165, 1.54) is 0 Å². The van der Waals surface area contributed by atoms with Crippen LogP contribution in [0.1, 0.15) is 17.5 Å². The van der Waals surface area contributed by atoms with Crippen LogP contribution in [-0.4, -0.2) is 45.3 Å². The summed E-state index contributed by atoms with van der Waals surface area (Å²) in [6.45, 7) is 1.65. The zero-order valence-corrected chi connectivity index (χ0v) is 13.5. The van der Waals surface area contributed by atoms with Crippen LogP contribution in [0.5, 0.6) is 0 Å². The highest BCUT2D eigenvalue weighted by Crippen LogP contribution is 2.35. The highest BCUT2D eigenvalue weighted by molar-refractivity contribution is 5.76. The van der Waals surface area contributed by atoms with Crippen LogP contribution in [0.3, 0.4) is 0 Å². The molecule has 0 amide bonds. The van der Waals surface area contributed by atoms with E-state index in [1.54, 1.807) is 12.4 Å². The molecule has 0 saturated carbocycles. The number of hydrogen-bond acceptors (Lipinski definition) is 4. The molecular formula is C19H22N2O3. The summed E-state index contributed by atoms with van der Waals surface area (Å²) in [5.74, 6) is -0.935. The Balaban J connectivity index is 1.82. The third-order valence-corrected chi connectivity index (χ3v) is 4.78. The van der Waals surface area contributed by atoms with Crippen LogP contribution in [0, 0.1) is 5.41 Å². The lowest BCUT2D eigenvalue weighted by Crippen LogP contribution is -2.56. The van der Waals surface area contributed by atoms with Crippen molar-refractivity contribution < 1.29 is 15.0 Å². The molecular weight excluding hydrogens is 304 g/mol. The van der Waals surface area contributed by atoms with Gasteiger partial charge in [-0.3, -0.25) is 14.7 Å². The van der Waals surface area contributed by atoms with Gasteiger partial charge in [0, 0.05) is 32.0 Å². The molecule has 1 saturated heterocycles. The molecule has 3 rings (SSSR count). The van der Waals surface area contributed by atoms with Crippen LogP contribution in [0.4, 0.5) is 0 Å². The zero-order chi connectivity index (χ0) is 17.0. The predicted octanol–water partition coefficient (Wildman–Crippen LogP) is 1.96. The number of piperidine rings is 1. The third kappa shape index (κ3) is 3.47. The topological polar surface area (TPSA) is 73.7 Å². The first-order valence-electron chi connectivity index (χ1n) is 8.17. The number of aliphatic hydroxyl groups is 1. The molecule has 0 aliphatic carbocycles. The van der Waals surface area contributed by atoms with Gasteiger partial charge in [-0.15, -0.1) is 0 Å². The van der Waals surface area contributed by atoms with Crippen molar-refractivity contribution in [2.45, 2.75) is 25.5 Å². The van der Waals surface area contributed by atoms with Gasteiger partial charge in [0.2, 0.25) is 0 Å². The van der Waals surface area contributed by atoms with Crippen molar-refractivity contribution in [2.75, 3.05) is 13.1 Å². The minimum Gasteiger partial charge on any atom is -0.481 e. The van der Waals surface area contributed by atoms with Crippen LogP contribution in [0.25, 0.3) is 0 Å². The summed E-state index contributed by atoms with van der Waals surface area (Å²) >= 11 is 0. The number of hydrogen-bond donors (Lipinski definition) is 2. The summed E-state index contributed by atoms with van der Waals surface area (Å²) in [7, 11) is 0. The lowest BCUT2D eigenvalue weighted by atomic mass is 9.73. The summed E-state index contributed by atoms with van der Waals surface area (Å²) in [6, 6.07) is 13.4. The maximum absolute atomic E-state index is 12.1. The summed E-state index contributed by atoms with van der Waals surface area (Å²) < 4.78 is 0. The zero-order valence-electron chi connectivity index (χ0n) is 13.5. The van der Waals surface area contributed by atoms with E-state index in [-0.39, 0.29) is 0 Å². The third-order valence-electron chi connectivity index (χ3n) is 4.78. The molecule has 126 valence electrons. The molecule has 1 aromatic carbocycles. The van der Waals surface area contributed by atoms with Crippen molar-refractivity contribution in [3.63, 3.8) is 0 Å². The summed E-state index contributed by atoms with van der Waals surface area (Å²) in [5.41, 5.74) is 0.803. The molecule has 24 heavy (non-hydrogen) atoms. The van der Waals surface area contributed by atoms with E-state index in [2.05, 4.69) is 9.88 Å². The first kappa shape index (κ1) is 16.6. The largest absolute Gasteiger partial charge is 0.481 e. The number of carboxylic acid groups (broad SMARTS) is 1. The number of likely N-dealkylation sites (tertiary alicyclic amines) is 1. The summed E-state index contributed by atoms with van der Waals surface area (Å²) in [4.78, 5) is 18.3. The number of aliphatic hydroxyl groups excluding tert-OH is 1. The van der Waals surface area contributed by atoms with Gasteiger partial charge in [0.15, 0.2) is 0 Å². The molecule has 0 bridgehead atoms. The van der Waals surface area contributed by atoms with Crippen molar-refractivity contribution in [1.82, 2.24) is 9.88 Å². The lowest BCUT2D eigenvalue weighted by molar-refractivity contribution is -0.163. The SMILES string of the molecule is O=C(O)[C@]1(Cc2ccccc2)CN(Cc2cccnc2)CC[C@@H]1O. The maximum Gasteiger partial charge on any atom is 0.313 e. The molecule has 5 heteroatoms. The van der Waals surface area contributed by atoms with E-state index in [9.17, 15) is 15.0 Å². The van der Waals surface area contributed by atoms with E-state index in [4.69, 9.17) is 0 Å². The molecule has 5 nitrogen and oxygen atoms in total. The van der Waals surface area contributed by atoms with Crippen molar-refractivity contribution in [1.29, 1.82) is 0 Å². The Morgan fingerprint density at radius 3 is 2.62 bits per heavy atom. The number of pyridine rings is 1. The highest BCUT2D eigenvalue weighted by Gasteiger charge is 2.49. The Hall–Kier alpha value is -2.24. The average molecular weight is 326 g/mol. The van der Waals surface area contributed by atoms with Crippen LogP contribution in [0.15, 0.2) is 54.9 Å². The molecule has 1 fully saturated rings. The van der Waals surface area contributed by atoms with Gasteiger partial charge in [-0.1, -0.05) is 36.4 Å². The van der Waals surface area contributed by atoms with Crippen molar-refractivity contribution in [3.05, 3.63) is 66.0 Å². The second-order valence-electron chi connectivity index (χ2n) is 6.50. The van der Waals surface area contributed by atoms with Gasteiger partial charge in [-0.2, -0.15) is 0 Å². The van der Waals surface area contributed by atoms with E-state index in [1.807, 2.05) is 42.5 Å². The Bertz CT molecular complexity index is 678. The quantitative estimate of drug-likeness (QED) is 0.879. The van der Waals surface area contributed by atoms with Crippen molar-refractivity contribution >= 4 is 5.97 Å². The fraction of sp³-hybridized carbons (Fsp3) is 0.368. The van der Waals surface area contributed by atoms with Gasteiger partial charge < -0.3 is 10.2 Å². The van der Waals surface area contributed by atoms with E-state index in [0.29, 0.717) is 32.5 Å². The highest BCUT2D eigenvalue weighted by atomic mass is 16.4. The predicted molar refractivity (Wildman–Crippen MR) is 90.4 cm³/mol. The molecule has 1 aliphatic rings. The molecule has 2 atom stereocenters. The molecule has 0 spiro atoms. The summed E-state index contributed by atoms with van der Waals surface area (Å²) in [6.07, 6.45) is 3.46. The first-order chi connectivity index (χ1) is 11.6. The van der Waals surface area contributed by atoms with E-state index in [0.717, 1.165) is 11.1 Å². The number of nitrogens with zero attached hydrogens (tertiary/aromatic N) is 2. The summed E-state index contributed by atoms with van der Waals surface area (Å²) in [5, 5.41) is 20.4. The Kier molecular flexibility index (Phi) is 4.92. The van der Waals surface area contributed by atoms with Gasteiger partial charge in [-0.05, 0) is 30.0 Å². The second-order valence-corrected chi connectivity index (χ2v) is 6.50. The van der Waals surface area contributed by atoms with Crippen LogP contribution in [-0.2, 0) is 17.8 Å². The van der Waals surface area contributed by atoms with E-state index >= 15 is 0 Å². The van der Waals surface area contributed by atoms with E-state index < -0.39 is 17.5 Å². The normalized spacial score (nSPS) is 24.6. The van der Waals surface area contributed by atoms with Gasteiger partial charge in [-0.25, -0.2) is 0 Å². The molecule has 1 aromatic heterocycles. The molecule has 0 radical (unpaired) electrons. The number of aliphatic carboxylic acids is 1. The van der Waals surface area contributed by atoms with Gasteiger partial charge in [0.05, 0.1) is 6.10 Å². The van der Waals surface area contributed by atoms with Crippen LogP contribution >= 0.6 is 0 Å². The van der Waals surface area contributed by atoms with Gasteiger partial charge in [0.1, 0.15) is 5.41 Å². The second kappa shape index (κ2) is 7.11. The Morgan fingerprint density at radius 1 is 1.21 bits per heavy atom. The van der Waals surface area contributed by atoms with Crippen LogP contribution < -0.4 is 0 Å². The first-order valence-corrected chi connectivity index (χ1v) is 8.17. The van der Waals surface area contributed by atoms with Crippen molar-refractivity contribution in [3.8, 4) is 0 Å². The smallest absolute Gasteiger partial charge is 0.313 e. The average Bonchev–Trinajstić information content (AvgIpc) is 2.59. The number of benzene rings is 1. The number of carbonyl (C=O) groups is 1. The minimum atomic E-state index is -1.18. The Morgan fingerprint density at radius 2 is 1.96 bits per heavy atom. The number of rotatable bonds is 5. The van der Waals surface area contributed by atoms with Crippen molar-refractivity contribution in [2.24, 2.45) is 5.41 Å². The monoisotopic (exact) mass is 326 g/mol. The fourth-order valence-electron chi connectivity index (χ4n) is 3.47. The minimum absolute atomic E-state index is 0.327. The standard InChI is InChI=1S/C19H22N2O3/c22-17-8-10-21(13-16-7-4-9-20-12-16)14-19(17,18(23)24)11-15-5-2-1-3-6-15/h1-7,9,12,17,22H,8,10-11,13-14H2,(H,23,24)/t17-,19+/m0/s1. The lowest BCUT2D eigenvalue weighted by Gasteiger charge is -2.43. The molecule has 0 unspecified atom stereocenters. The van der Waals surface area contributed by atoms with Gasteiger partial charge in [0.25, 0.3) is 0 Å². The Labute approximate surface area is 141 Å². The molecule has 2 heterocycles.